The molecular weight excluding hydrogens is 312 g/mol. The van der Waals surface area contributed by atoms with E-state index < -0.39 is 5.41 Å². The monoisotopic (exact) mass is 344 g/mol. The molecule has 3 heteroatoms. The van der Waals surface area contributed by atoms with Crippen LogP contribution in [0.4, 0.5) is 0 Å². The van der Waals surface area contributed by atoms with E-state index >= 15 is 0 Å². The second-order valence-corrected chi connectivity index (χ2v) is 8.64. The van der Waals surface area contributed by atoms with Crippen LogP contribution >= 0.6 is 0 Å². The Balaban J connectivity index is 1.93. The van der Waals surface area contributed by atoms with Gasteiger partial charge in [0.1, 0.15) is 0 Å². The van der Waals surface area contributed by atoms with Crippen molar-refractivity contribution < 1.29 is 14.3 Å². The van der Waals surface area contributed by atoms with Gasteiger partial charge < -0.3 is 4.74 Å². The van der Waals surface area contributed by atoms with Crippen molar-refractivity contribution in [3.05, 3.63) is 23.3 Å². The zero-order valence-corrected chi connectivity index (χ0v) is 16.1. The van der Waals surface area contributed by atoms with Gasteiger partial charge in [-0.15, -0.1) is 0 Å². The summed E-state index contributed by atoms with van der Waals surface area (Å²) < 4.78 is 5.00. The van der Waals surface area contributed by atoms with Gasteiger partial charge in [-0.3, -0.25) is 9.59 Å². The van der Waals surface area contributed by atoms with Gasteiger partial charge in [0, 0.05) is 11.8 Å². The van der Waals surface area contributed by atoms with E-state index in [1.807, 2.05) is 0 Å². The van der Waals surface area contributed by atoms with Crippen LogP contribution in [0, 0.1) is 29.1 Å². The topological polar surface area (TPSA) is 43.4 Å². The van der Waals surface area contributed by atoms with Crippen molar-refractivity contribution in [2.75, 3.05) is 7.11 Å². The number of ketones is 1. The van der Waals surface area contributed by atoms with Gasteiger partial charge in [-0.1, -0.05) is 31.1 Å². The fourth-order valence-corrected chi connectivity index (χ4v) is 5.82. The number of methoxy groups -OCH3 is 1. The van der Waals surface area contributed by atoms with Crippen LogP contribution in [0.15, 0.2) is 23.3 Å². The van der Waals surface area contributed by atoms with Crippen molar-refractivity contribution in [2.45, 2.75) is 65.7 Å². The molecule has 3 aliphatic carbocycles. The van der Waals surface area contributed by atoms with Crippen LogP contribution in [0.1, 0.15) is 65.7 Å². The zero-order valence-electron chi connectivity index (χ0n) is 16.1. The summed E-state index contributed by atoms with van der Waals surface area (Å²) in [6.45, 7) is 6.59. The number of fused-ring (bicyclic) bond motifs is 1. The molecule has 0 aromatic heterocycles. The minimum Gasteiger partial charge on any atom is -0.469 e. The van der Waals surface area contributed by atoms with Crippen LogP contribution < -0.4 is 0 Å². The molecule has 3 nitrogen and oxygen atoms in total. The minimum absolute atomic E-state index is 0.0829. The van der Waals surface area contributed by atoms with E-state index in [0.29, 0.717) is 24.2 Å². The van der Waals surface area contributed by atoms with Crippen LogP contribution in [-0.4, -0.2) is 18.9 Å². The standard InChI is InChI=1S/C22H32O3/c1-14-6-5-7-16(14)12-17-9-10-18-15(2)8-11-20(23)22(18,3)19(17)13-21(24)25-4/h8,11,15,17-19H,5-7,9-10,12-13H2,1-4H3/t15?,17-,18?,19?,22?/m0/s1. The molecule has 0 amide bonds. The van der Waals surface area contributed by atoms with Gasteiger partial charge in [0.25, 0.3) is 0 Å². The Kier molecular flexibility index (Phi) is 5.22. The molecule has 0 N–H and O–H groups in total. The van der Waals surface area contributed by atoms with E-state index in [1.165, 1.54) is 31.9 Å². The van der Waals surface area contributed by atoms with E-state index in [-0.39, 0.29) is 17.7 Å². The number of ether oxygens (including phenoxy) is 1. The lowest BCUT2D eigenvalue weighted by Crippen LogP contribution is -2.52. The Bertz CT molecular complexity index is 615. The Morgan fingerprint density at radius 3 is 2.72 bits per heavy atom. The minimum atomic E-state index is -0.432. The number of esters is 1. The second kappa shape index (κ2) is 7.09. The average molecular weight is 344 g/mol. The molecule has 0 heterocycles. The molecule has 0 aromatic carbocycles. The fourth-order valence-electron chi connectivity index (χ4n) is 5.82. The van der Waals surface area contributed by atoms with Crippen molar-refractivity contribution in [1.29, 1.82) is 0 Å². The summed E-state index contributed by atoms with van der Waals surface area (Å²) in [5, 5.41) is 0. The number of carbonyl (C=O) groups excluding carboxylic acids is 2. The van der Waals surface area contributed by atoms with Gasteiger partial charge in [0.15, 0.2) is 5.78 Å². The summed E-state index contributed by atoms with van der Waals surface area (Å²) in [6.07, 6.45) is 11.1. The first kappa shape index (κ1) is 18.4. The molecule has 0 aliphatic heterocycles. The Morgan fingerprint density at radius 2 is 2.08 bits per heavy atom. The third-order valence-electron chi connectivity index (χ3n) is 7.43. The van der Waals surface area contributed by atoms with E-state index in [0.717, 1.165) is 19.3 Å². The van der Waals surface area contributed by atoms with Gasteiger partial charge in [-0.05, 0) is 75.2 Å². The van der Waals surface area contributed by atoms with Crippen LogP contribution in [0.5, 0.6) is 0 Å². The number of hydrogen-bond acceptors (Lipinski definition) is 3. The molecule has 5 atom stereocenters. The smallest absolute Gasteiger partial charge is 0.305 e. The van der Waals surface area contributed by atoms with Gasteiger partial charge in [-0.2, -0.15) is 0 Å². The summed E-state index contributed by atoms with van der Waals surface area (Å²) in [4.78, 5) is 25.1. The highest BCUT2D eigenvalue weighted by molar-refractivity contribution is 5.96. The molecule has 0 spiro atoms. The lowest BCUT2D eigenvalue weighted by atomic mass is 9.50. The molecule has 0 aromatic rings. The molecule has 0 bridgehead atoms. The maximum atomic E-state index is 13.0. The van der Waals surface area contributed by atoms with Crippen molar-refractivity contribution in [3.8, 4) is 0 Å². The number of hydrogen-bond donors (Lipinski definition) is 0. The van der Waals surface area contributed by atoms with Crippen molar-refractivity contribution in [3.63, 3.8) is 0 Å². The molecule has 138 valence electrons. The van der Waals surface area contributed by atoms with Crippen molar-refractivity contribution in [2.24, 2.45) is 29.1 Å². The van der Waals surface area contributed by atoms with Crippen molar-refractivity contribution >= 4 is 11.8 Å². The van der Waals surface area contributed by atoms with E-state index in [9.17, 15) is 9.59 Å². The SMILES string of the molecule is COC(=O)CC1[C@H](CC2=C(C)CCC2)CCC2C(C)C=CC(=O)C21C. The number of carbonyl (C=O) groups is 2. The van der Waals surface area contributed by atoms with Crippen molar-refractivity contribution in [1.82, 2.24) is 0 Å². The second-order valence-electron chi connectivity index (χ2n) is 8.64. The van der Waals surface area contributed by atoms with Gasteiger partial charge >= 0.3 is 5.97 Å². The predicted molar refractivity (Wildman–Crippen MR) is 98.9 cm³/mol. The number of rotatable bonds is 4. The lowest BCUT2D eigenvalue weighted by molar-refractivity contribution is -0.150. The Labute approximate surface area is 151 Å². The third kappa shape index (κ3) is 3.22. The quantitative estimate of drug-likeness (QED) is 0.540. The molecule has 25 heavy (non-hydrogen) atoms. The first-order valence-corrected chi connectivity index (χ1v) is 9.84. The average Bonchev–Trinajstić information content (AvgIpc) is 2.99. The van der Waals surface area contributed by atoms with E-state index in [4.69, 9.17) is 4.74 Å². The van der Waals surface area contributed by atoms with Crippen LogP contribution in [-0.2, 0) is 14.3 Å². The van der Waals surface area contributed by atoms with Crippen LogP contribution in [0.2, 0.25) is 0 Å². The first-order chi connectivity index (χ1) is 11.9. The molecular formula is C22H32O3. The molecule has 3 aliphatic rings. The Morgan fingerprint density at radius 1 is 1.32 bits per heavy atom. The molecule has 4 unspecified atom stereocenters. The largest absolute Gasteiger partial charge is 0.469 e. The first-order valence-electron chi connectivity index (χ1n) is 9.84. The highest BCUT2D eigenvalue weighted by atomic mass is 16.5. The maximum Gasteiger partial charge on any atom is 0.305 e. The summed E-state index contributed by atoms with van der Waals surface area (Å²) in [6, 6.07) is 0. The summed E-state index contributed by atoms with van der Waals surface area (Å²) in [5.41, 5.74) is 2.68. The van der Waals surface area contributed by atoms with E-state index in [1.54, 1.807) is 11.6 Å². The fraction of sp³-hybridized carbons (Fsp3) is 0.727. The molecule has 1 fully saturated rings. The van der Waals surface area contributed by atoms with Gasteiger partial charge in [0.2, 0.25) is 0 Å². The normalized spacial score (nSPS) is 38.0. The lowest BCUT2D eigenvalue weighted by Gasteiger charge is -2.53. The third-order valence-corrected chi connectivity index (χ3v) is 7.43. The van der Waals surface area contributed by atoms with Crippen LogP contribution in [0.3, 0.4) is 0 Å². The van der Waals surface area contributed by atoms with E-state index in [2.05, 4.69) is 26.8 Å². The Hall–Kier alpha value is -1.38. The highest BCUT2D eigenvalue weighted by Gasteiger charge is 2.55. The van der Waals surface area contributed by atoms with Gasteiger partial charge in [0.05, 0.1) is 7.11 Å². The summed E-state index contributed by atoms with van der Waals surface area (Å²) in [7, 11) is 1.45. The molecule has 0 radical (unpaired) electrons. The number of allylic oxidation sites excluding steroid dienone is 4. The highest BCUT2D eigenvalue weighted by Crippen LogP contribution is 2.56. The zero-order chi connectivity index (χ0) is 18.2. The maximum absolute atomic E-state index is 13.0. The molecule has 1 saturated carbocycles. The summed E-state index contributed by atoms with van der Waals surface area (Å²) >= 11 is 0. The molecule has 0 saturated heterocycles. The summed E-state index contributed by atoms with van der Waals surface area (Å²) in [5.74, 6) is 1.27. The van der Waals surface area contributed by atoms with Gasteiger partial charge in [-0.25, -0.2) is 0 Å². The predicted octanol–water partition coefficient (Wildman–Crippen LogP) is 4.86. The molecule has 3 rings (SSSR count). The van der Waals surface area contributed by atoms with Crippen LogP contribution in [0.25, 0.3) is 0 Å².